The predicted octanol–water partition coefficient (Wildman–Crippen LogP) is 1.65. The van der Waals surface area contributed by atoms with Crippen LogP contribution in [-0.2, 0) is 14.6 Å². The second kappa shape index (κ2) is 4.55. The molecule has 1 aromatic rings. The quantitative estimate of drug-likeness (QED) is 0.736. The van der Waals surface area contributed by atoms with E-state index in [1.54, 1.807) is 24.3 Å². The molecule has 0 amide bonds. The van der Waals surface area contributed by atoms with Crippen molar-refractivity contribution in [3.63, 3.8) is 0 Å². The Hall–Kier alpha value is -1.07. The van der Waals surface area contributed by atoms with Crippen molar-refractivity contribution in [1.29, 1.82) is 0 Å². The fourth-order valence-corrected chi connectivity index (χ4v) is 3.53. The highest BCUT2D eigenvalue weighted by Crippen LogP contribution is 2.32. The van der Waals surface area contributed by atoms with E-state index in [9.17, 15) is 8.42 Å². The molecule has 1 saturated heterocycles. The van der Waals surface area contributed by atoms with Gasteiger partial charge in [-0.25, -0.2) is 8.42 Å². The van der Waals surface area contributed by atoms with Crippen LogP contribution in [0.2, 0.25) is 0 Å². The van der Waals surface area contributed by atoms with E-state index in [0.29, 0.717) is 23.2 Å². The monoisotopic (exact) mass is 268 g/mol. The minimum absolute atomic E-state index is 0.178. The topological polar surface area (TPSA) is 55.9 Å². The molecule has 1 aromatic carbocycles. The molecule has 0 bridgehead atoms. The molecule has 0 radical (unpaired) electrons. The maximum atomic E-state index is 12.1. The van der Waals surface area contributed by atoms with Gasteiger partial charge in [-0.3, -0.25) is 0 Å². The number of hydrogen-bond acceptors (Lipinski definition) is 4. The molecule has 2 fully saturated rings. The molecule has 5 heteroatoms. The summed E-state index contributed by atoms with van der Waals surface area (Å²) in [6.45, 7) is 1.23. The van der Waals surface area contributed by atoms with Crippen molar-refractivity contribution in [3.05, 3.63) is 24.3 Å². The van der Waals surface area contributed by atoms with Crippen LogP contribution in [0.5, 0.6) is 5.75 Å². The number of epoxide rings is 1. The van der Waals surface area contributed by atoms with Crippen LogP contribution in [0, 0.1) is 5.92 Å². The number of sulfone groups is 1. The third-order valence-corrected chi connectivity index (χ3v) is 5.04. The lowest BCUT2D eigenvalue weighted by Gasteiger charge is -2.07. The van der Waals surface area contributed by atoms with Crippen LogP contribution in [0.4, 0.5) is 0 Å². The fraction of sp³-hybridized carbons (Fsp3) is 0.538. The SMILES string of the molecule is O=S(=O)(CC1CC1)c1cccc(OCC2CO2)c1. The summed E-state index contributed by atoms with van der Waals surface area (Å²) in [6, 6.07) is 6.75. The summed E-state index contributed by atoms with van der Waals surface area (Å²) in [4.78, 5) is 0.364. The van der Waals surface area contributed by atoms with Gasteiger partial charge in [-0.2, -0.15) is 0 Å². The summed E-state index contributed by atoms with van der Waals surface area (Å²) >= 11 is 0. The van der Waals surface area contributed by atoms with Gasteiger partial charge < -0.3 is 9.47 Å². The smallest absolute Gasteiger partial charge is 0.178 e. The van der Waals surface area contributed by atoms with E-state index in [2.05, 4.69) is 0 Å². The van der Waals surface area contributed by atoms with Crippen molar-refractivity contribution in [1.82, 2.24) is 0 Å². The van der Waals surface area contributed by atoms with Crippen LogP contribution in [-0.4, -0.2) is 33.5 Å². The number of rotatable bonds is 6. The molecule has 4 nitrogen and oxygen atoms in total. The molecule has 0 aromatic heterocycles. The van der Waals surface area contributed by atoms with E-state index in [-0.39, 0.29) is 11.9 Å². The van der Waals surface area contributed by atoms with Gasteiger partial charge in [0, 0.05) is 0 Å². The zero-order valence-corrected chi connectivity index (χ0v) is 10.9. The van der Waals surface area contributed by atoms with Crippen molar-refractivity contribution < 1.29 is 17.9 Å². The van der Waals surface area contributed by atoms with E-state index in [0.717, 1.165) is 19.4 Å². The number of benzene rings is 1. The van der Waals surface area contributed by atoms with E-state index in [1.165, 1.54) is 0 Å². The number of hydrogen-bond donors (Lipinski definition) is 0. The third kappa shape index (κ3) is 3.03. The lowest BCUT2D eigenvalue weighted by atomic mass is 10.3. The Labute approximate surface area is 107 Å². The van der Waals surface area contributed by atoms with Crippen LogP contribution in [0.3, 0.4) is 0 Å². The van der Waals surface area contributed by atoms with Gasteiger partial charge in [0.2, 0.25) is 0 Å². The molecule has 1 heterocycles. The summed E-state index contributed by atoms with van der Waals surface area (Å²) in [5.41, 5.74) is 0. The van der Waals surface area contributed by atoms with Crippen molar-refractivity contribution in [3.8, 4) is 5.75 Å². The largest absolute Gasteiger partial charge is 0.491 e. The lowest BCUT2D eigenvalue weighted by Crippen LogP contribution is -2.09. The molecule has 1 aliphatic carbocycles. The number of ether oxygens (including phenoxy) is 2. The molecular weight excluding hydrogens is 252 g/mol. The zero-order valence-electron chi connectivity index (χ0n) is 10.0. The van der Waals surface area contributed by atoms with Gasteiger partial charge in [0.15, 0.2) is 9.84 Å². The first-order chi connectivity index (χ1) is 8.63. The second-order valence-electron chi connectivity index (χ2n) is 4.97. The van der Waals surface area contributed by atoms with Crippen molar-refractivity contribution in [2.75, 3.05) is 19.0 Å². The average molecular weight is 268 g/mol. The Morgan fingerprint density at radius 1 is 1.33 bits per heavy atom. The van der Waals surface area contributed by atoms with Crippen molar-refractivity contribution >= 4 is 9.84 Å². The van der Waals surface area contributed by atoms with Gasteiger partial charge in [0.05, 0.1) is 17.3 Å². The molecule has 2 aliphatic rings. The summed E-state index contributed by atoms with van der Waals surface area (Å²) in [6.07, 6.45) is 2.25. The summed E-state index contributed by atoms with van der Waals surface area (Å²) in [5, 5.41) is 0. The van der Waals surface area contributed by atoms with Crippen LogP contribution >= 0.6 is 0 Å². The Kier molecular flexibility index (Phi) is 3.03. The van der Waals surface area contributed by atoms with Crippen LogP contribution in [0.25, 0.3) is 0 Å². The van der Waals surface area contributed by atoms with Crippen LogP contribution in [0.1, 0.15) is 12.8 Å². The molecule has 98 valence electrons. The maximum absolute atomic E-state index is 12.1. The van der Waals surface area contributed by atoms with Crippen molar-refractivity contribution in [2.45, 2.75) is 23.8 Å². The summed E-state index contributed by atoms with van der Waals surface area (Å²) in [5.74, 6) is 1.23. The van der Waals surface area contributed by atoms with Gasteiger partial charge in [-0.1, -0.05) is 6.07 Å². The van der Waals surface area contributed by atoms with Gasteiger partial charge >= 0.3 is 0 Å². The first kappa shape index (κ1) is 12.0. The third-order valence-electron chi connectivity index (χ3n) is 3.15. The Morgan fingerprint density at radius 3 is 2.78 bits per heavy atom. The van der Waals surface area contributed by atoms with E-state index in [1.807, 2.05) is 0 Å². The van der Waals surface area contributed by atoms with Gasteiger partial charge in [0.1, 0.15) is 18.5 Å². The standard InChI is InChI=1S/C13H16O4S/c14-18(15,9-10-4-5-10)13-3-1-2-11(6-13)16-7-12-8-17-12/h1-3,6,10,12H,4-5,7-9H2. The maximum Gasteiger partial charge on any atom is 0.178 e. The lowest BCUT2D eigenvalue weighted by molar-refractivity contribution is 0.262. The molecule has 18 heavy (non-hydrogen) atoms. The Balaban J connectivity index is 1.71. The van der Waals surface area contributed by atoms with Crippen molar-refractivity contribution in [2.24, 2.45) is 5.92 Å². The Morgan fingerprint density at radius 2 is 2.11 bits per heavy atom. The molecule has 0 spiro atoms. The molecule has 0 N–H and O–H groups in total. The first-order valence-corrected chi connectivity index (χ1v) is 7.86. The minimum atomic E-state index is -3.15. The predicted molar refractivity (Wildman–Crippen MR) is 66.5 cm³/mol. The Bertz CT molecular complexity index is 530. The zero-order chi connectivity index (χ0) is 12.6. The summed E-state index contributed by atoms with van der Waals surface area (Å²) < 4.78 is 34.8. The molecule has 1 atom stereocenters. The average Bonchev–Trinajstić information content (AvgIpc) is 3.21. The highest BCUT2D eigenvalue weighted by Gasteiger charge is 2.29. The van der Waals surface area contributed by atoms with E-state index in [4.69, 9.17) is 9.47 Å². The van der Waals surface area contributed by atoms with Crippen LogP contribution in [0.15, 0.2) is 29.2 Å². The molecule has 3 rings (SSSR count). The molecule has 1 aliphatic heterocycles. The first-order valence-electron chi connectivity index (χ1n) is 6.21. The van der Waals surface area contributed by atoms with Gasteiger partial charge in [0.25, 0.3) is 0 Å². The van der Waals surface area contributed by atoms with Crippen LogP contribution < -0.4 is 4.74 Å². The van der Waals surface area contributed by atoms with Gasteiger partial charge in [-0.05, 0) is 37.0 Å². The summed E-state index contributed by atoms with van der Waals surface area (Å²) in [7, 11) is -3.15. The normalized spacial score (nSPS) is 22.8. The molecular formula is C13H16O4S. The molecule has 1 saturated carbocycles. The van der Waals surface area contributed by atoms with E-state index >= 15 is 0 Å². The minimum Gasteiger partial charge on any atom is -0.491 e. The molecule has 1 unspecified atom stereocenters. The fourth-order valence-electron chi connectivity index (χ4n) is 1.80. The van der Waals surface area contributed by atoms with E-state index < -0.39 is 9.84 Å². The highest BCUT2D eigenvalue weighted by atomic mass is 32.2. The van der Waals surface area contributed by atoms with Gasteiger partial charge in [-0.15, -0.1) is 0 Å². The highest BCUT2D eigenvalue weighted by molar-refractivity contribution is 7.91. The second-order valence-corrected chi connectivity index (χ2v) is 7.00.